The first-order chi connectivity index (χ1) is 11.9. The second-order valence-electron chi connectivity index (χ2n) is 5.97. The van der Waals surface area contributed by atoms with Crippen LogP contribution in [0.15, 0.2) is 53.4 Å². The van der Waals surface area contributed by atoms with Crippen LogP contribution in [0.4, 0.5) is 4.39 Å². The predicted octanol–water partition coefficient (Wildman–Crippen LogP) is 3.56. The molecular formula is C18H17ClFNO3S. The summed E-state index contributed by atoms with van der Waals surface area (Å²) < 4.78 is 38.3. The number of sulfone groups is 1. The Morgan fingerprint density at radius 2 is 1.64 bits per heavy atom. The Balaban J connectivity index is 1.70. The Kier molecular flexibility index (Phi) is 5.11. The number of hydrogen-bond acceptors (Lipinski definition) is 3. The third-order valence-corrected chi connectivity index (χ3v) is 7.02. The zero-order chi connectivity index (χ0) is 18.0. The monoisotopic (exact) mass is 381 g/mol. The summed E-state index contributed by atoms with van der Waals surface area (Å²) in [6.45, 7) is 0.685. The molecule has 0 unspecified atom stereocenters. The molecule has 3 rings (SSSR count). The summed E-state index contributed by atoms with van der Waals surface area (Å²) in [4.78, 5) is 14.3. The van der Waals surface area contributed by atoms with Gasteiger partial charge in [0.1, 0.15) is 5.82 Å². The van der Waals surface area contributed by atoms with Gasteiger partial charge in [-0.25, -0.2) is 12.8 Å². The summed E-state index contributed by atoms with van der Waals surface area (Å²) in [5.41, 5.74) is 0.420. The van der Waals surface area contributed by atoms with Gasteiger partial charge in [-0.05, 0) is 49.2 Å². The minimum Gasteiger partial charge on any atom is -0.339 e. The molecule has 2 aromatic carbocycles. The van der Waals surface area contributed by atoms with E-state index in [0.29, 0.717) is 36.5 Å². The lowest BCUT2D eigenvalue weighted by molar-refractivity contribution is 0.0726. The van der Waals surface area contributed by atoms with Crippen LogP contribution in [0.5, 0.6) is 0 Å². The standard InChI is InChI=1S/C18H17ClFNO3S/c19-17-4-2-1-3-16(17)18(22)21-11-9-15(10-12-21)25(23,24)14-7-5-13(20)6-8-14/h1-8,15H,9-12H2. The van der Waals surface area contributed by atoms with Crippen LogP contribution in [-0.2, 0) is 9.84 Å². The van der Waals surface area contributed by atoms with Crippen molar-refractivity contribution >= 4 is 27.3 Å². The van der Waals surface area contributed by atoms with Gasteiger partial charge < -0.3 is 4.90 Å². The first-order valence-electron chi connectivity index (χ1n) is 7.93. The maximum Gasteiger partial charge on any atom is 0.255 e. The van der Waals surface area contributed by atoms with Gasteiger partial charge in [-0.1, -0.05) is 23.7 Å². The Bertz CT molecular complexity index is 875. The second-order valence-corrected chi connectivity index (χ2v) is 8.61. The van der Waals surface area contributed by atoms with Crippen LogP contribution in [0.2, 0.25) is 5.02 Å². The van der Waals surface area contributed by atoms with Gasteiger partial charge in [0.25, 0.3) is 5.91 Å². The molecule has 0 bridgehead atoms. The van der Waals surface area contributed by atoms with Gasteiger partial charge >= 0.3 is 0 Å². The van der Waals surface area contributed by atoms with E-state index in [1.807, 2.05) is 0 Å². The number of hydrogen-bond donors (Lipinski definition) is 0. The summed E-state index contributed by atoms with van der Waals surface area (Å²) in [7, 11) is -3.53. The van der Waals surface area contributed by atoms with Crippen molar-refractivity contribution < 1.29 is 17.6 Å². The molecule has 1 aliphatic rings. The Labute approximate surface area is 151 Å². The molecule has 1 heterocycles. The largest absolute Gasteiger partial charge is 0.339 e. The normalized spacial score (nSPS) is 16.0. The number of benzene rings is 2. The molecule has 0 atom stereocenters. The first kappa shape index (κ1) is 17.9. The summed E-state index contributed by atoms with van der Waals surface area (Å²) in [5.74, 6) is -0.665. The number of rotatable bonds is 3. The first-order valence-corrected chi connectivity index (χ1v) is 9.85. The van der Waals surface area contributed by atoms with Gasteiger partial charge in [-0.3, -0.25) is 4.79 Å². The topological polar surface area (TPSA) is 54.5 Å². The van der Waals surface area contributed by atoms with Crippen LogP contribution < -0.4 is 0 Å². The molecule has 7 heteroatoms. The van der Waals surface area contributed by atoms with Crippen molar-refractivity contribution in [1.29, 1.82) is 0 Å². The molecule has 0 aromatic heterocycles. The molecule has 0 saturated carbocycles. The lowest BCUT2D eigenvalue weighted by Gasteiger charge is -2.32. The molecule has 0 N–H and O–H groups in total. The molecular weight excluding hydrogens is 365 g/mol. The number of halogens is 2. The molecule has 1 fully saturated rings. The highest BCUT2D eigenvalue weighted by Gasteiger charge is 2.33. The van der Waals surface area contributed by atoms with Crippen molar-refractivity contribution in [2.24, 2.45) is 0 Å². The maximum absolute atomic E-state index is 13.0. The van der Waals surface area contributed by atoms with Gasteiger partial charge in [0.15, 0.2) is 9.84 Å². The van der Waals surface area contributed by atoms with Gasteiger partial charge in [-0.15, -0.1) is 0 Å². The molecule has 2 aromatic rings. The van der Waals surface area contributed by atoms with Crippen LogP contribution in [0.1, 0.15) is 23.2 Å². The second kappa shape index (κ2) is 7.14. The van der Waals surface area contributed by atoms with E-state index in [9.17, 15) is 17.6 Å². The van der Waals surface area contributed by atoms with E-state index < -0.39 is 20.9 Å². The zero-order valence-electron chi connectivity index (χ0n) is 13.4. The fourth-order valence-electron chi connectivity index (χ4n) is 2.99. The molecule has 132 valence electrons. The smallest absolute Gasteiger partial charge is 0.255 e. The zero-order valence-corrected chi connectivity index (χ0v) is 14.9. The lowest BCUT2D eigenvalue weighted by atomic mass is 10.1. The maximum atomic E-state index is 13.0. The van der Waals surface area contributed by atoms with Gasteiger partial charge in [0, 0.05) is 13.1 Å². The average Bonchev–Trinajstić information content (AvgIpc) is 2.62. The Hall–Kier alpha value is -1.92. The fourth-order valence-corrected chi connectivity index (χ4v) is 4.94. The number of amides is 1. The number of carbonyl (C=O) groups excluding carboxylic acids is 1. The summed E-state index contributed by atoms with van der Waals surface area (Å²) >= 11 is 6.06. The van der Waals surface area contributed by atoms with E-state index >= 15 is 0 Å². The van der Waals surface area contributed by atoms with Crippen molar-refractivity contribution in [2.45, 2.75) is 23.0 Å². The Morgan fingerprint density at radius 1 is 1.04 bits per heavy atom. The minimum absolute atomic E-state index is 0.116. The summed E-state index contributed by atoms with van der Waals surface area (Å²) in [5, 5.41) is -0.193. The van der Waals surface area contributed by atoms with Crippen molar-refractivity contribution in [1.82, 2.24) is 4.90 Å². The highest BCUT2D eigenvalue weighted by molar-refractivity contribution is 7.92. The van der Waals surface area contributed by atoms with Gasteiger partial charge in [-0.2, -0.15) is 0 Å². The van der Waals surface area contributed by atoms with Crippen LogP contribution in [-0.4, -0.2) is 37.6 Å². The van der Waals surface area contributed by atoms with Crippen LogP contribution >= 0.6 is 11.6 Å². The van der Waals surface area contributed by atoms with E-state index in [-0.39, 0.29) is 10.8 Å². The molecule has 1 aliphatic heterocycles. The van der Waals surface area contributed by atoms with E-state index in [0.717, 1.165) is 12.1 Å². The van der Waals surface area contributed by atoms with Crippen molar-refractivity contribution in [3.05, 3.63) is 64.9 Å². The van der Waals surface area contributed by atoms with Gasteiger partial charge in [0.2, 0.25) is 0 Å². The fraction of sp³-hybridized carbons (Fsp3) is 0.278. The third-order valence-electron chi connectivity index (χ3n) is 4.41. The van der Waals surface area contributed by atoms with E-state index in [2.05, 4.69) is 0 Å². The quantitative estimate of drug-likeness (QED) is 0.764. The number of nitrogens with zero attached hydrogens (tertiary/aromatic N) is 1. The molecule has 0 spiro atoms. The third kappa shape index (κ3) is 3.70. The number of piperidine rings is 1. The van der Waals surface area contributed by atoms with E-state index in [1.54, 1.807) is 29.2 Å². The Morgan fingerprint density at radius 3 is 2.24 bits per heavy atom. The van der Waals surface area contributed by atoms with E-state index in [4.69, 9.17) is 11.6 Å². The highest BCUT2D eigenvalue weighted by Crippen LogP contribution is 2.26. The van der Waals surface area contributed by atoms with Crippen LogP contribution in [0.3, 0.4) is 0 Å². The highest BCUT2D eigenvalue weighted by atomic mass is 35.5. The van der Waals surface area contributed by atoms with Crippen LogP contribution in [0.25, 0.3) is 0 Å². The molecule has 25 heavy (non-hydrogen) atoms. The van der Waals surface area contributed by atoms with E-state index in [1.165, 1.54) is 12.1 Å². The molecule has 0 aliphatic carbocycles. The summed E-state index contributed by atoms with van der Waals surface area (Å²) in [6, 6.07) is 11.7. The minimum atomic E-state index is -3.53. The van der Waals surface area contributed by atoms with Gasteiger partial charge in [0.05, 0.1) is 20.7 Å². The number of likely N-dealkylation sites (tertiary alicyclic amines) is 1. The van der Waals surface area contributed by atoms with Crippen molar-refractivity contribution in [3.63, 3.8) is 0 Å². The molecule has 1 amide bonds. The van der Waals surface area contributed by atoms with Crippen LogP contribution in [0, 0.1) is 5.82 Å². The number of carbonyl (C=O) groups is 1. The predicted molar refractivity (Wildman–Crippen MR) is 94.0 cm³/mol. The average molecular weight is 382 g/mol. The molecule has 4 nitrogen and oxygen atoms in total. The van der Waals surface area contributed by atoms with Crippen molar-refractivity contribution in [3.8, 4) is 0 Å². The SMILES string of the molecule is O=C(c1ccccc1Cl)N1CCC(S(=O)(=O)c2ccc(F)cc2)CC1. The van der Waals surface area contributed by atoms with Crippen molar-refractivity contribution in [2.75, 3.05) is 13.1 Å². The summed E-state index contributed by atoms with van der Waals surface area (Å²) in [6.07, 6.45) is 0.686. The lowest BCUT2D eigenvalue weighted by Crippen LogP contribution is -2.42. The molecule has 0 radical (unpaired) electrons. The molecule has 1 saturated heterocycles.